The highest BCUT2D eigenvalue weighted by atomic mass is 32.1. The van der Waals surface area contributed by atoms with Crippen LogP contribution in [0.2, 0.25) is 0 Å². The Morgan fingerprint density at radius 1 is 0.957 bits per heavy atom. The fourth-order valence-corrected chi connectivity index (χ4v) is 6.20. The largest absolute Gasteiger partial charge is 0.497 e. The van der Waals surface area contributed by atoms with E-state index in [1.807, 2.05) is 84.9 Å². The van der Waals surface area contributed by atoms with Crippen LogP contribution in [0.3, 0.4) is 0 Å². The van der Waals surface area contributed by atoms with Gasteiger partial charge in [-0.3, -0.25) is 9.36 Å². The average molecular weight is 628 g/mol. The molecule has 1 aromatic heterocycles. The highest BCUT2D eigenvalue weighted by Crippen LogP contribution is 2.35. The summed E-state index contributed by atoms with van der Waals surface area (Å²) in [6.07, 6.45) is 1.82. The van der Waals surface area contributed by atoms with Crippen LogP contribution in [0.25, 0.3) is 11.8 Å². The number of benzene rings is 4. The number of nitrogens with zero attached hydrogens (tertiary/aromatic N) is 3. The molecule has 4 aromatic carbocycles. The molecular formula is C37H29N3O5S. The Kier molecular flexibility index (Phi) is 8.90. The number of carbonyl (C=O) groups excluding carboxylic acids is 1. The number of fused-ring (bicyclic) bond motifs is 1. The molecule has 0 spiro atoms. The number of aromatic nitrogens is 1. The highest BCUT2D eigenvalue weighted by molar-refractivity contribution is 7.07. The zero-order valence-corrected chi connectivity index (χ0v) is 26.0. The molecule has 0 bridgehead atoms. The molecule has 1 aliphatic heterocycles. The van der Waals surface area contributed by atoms with E-state index in [0.29, 0.717) is 44.3 Å². The molecule has 8 nitrogen and oxygen atoms in total. The first-order chi connectivity index (χ1) is 22.5. The number of nitriles is 1. The molecule has 5 aromatic rings. The van der Waals surface area contributed by atoms with E-state index in [4.69, 9.17) is 24.5 Å². The number of thiazole rings is 1. The van der Waals surface area contributed by atoms with Gasteiger partial charge in [0.15, 0.2) is 4.80 Å². The third-order valence-corrected chi connectivity index (χ3v) is 8.45. The first kappa shape index (κ1) is 30.3. The van der Waals surface area contributed by atoms with Gasteiger partial charge in [0.05, 0.1) is 47.2 Å². The maximum atomic E-state index is 14.1. The number of hydrogen-bond acceptors (Lipinski definition) is 8. The zero-order chi connectivity index (χ0) is 32.0. The van der Waals surface area contributed by atoms with E-state index in [1.165, 1.54) is 11.3 Å². The van der Waals surface area contributed by atoms with Gasteiger partial charge in [0.25, 0.3) is 5.56 Å². The maximum Gasteiger partial charge on any atom is 0.338 e. The van der Waals surface area contributed by atoms with Gasteiger partial charge >= 0.3 is 5.97 Å². The van der Waals surface area contributed by atoms with E-state index in [0.717, 1.165) is 22.3 Å². The number of rotatable bonds is 9. The number of esters is 1. The predicted molar refractivity (Wildman–Crippen MR) is 176 cm³/mol. The van der Waals surface area contributed by atoms with Crippen molar-refractivity contribution >= 4 is 29.1 Å². The van der Waals surface area contributed by atoms with Gasteiger partial charge in [-0.05, 0) is 66.1 Å². The molecule has 1 aliphatic rings. The number of ether oxygens (including phenoxy) is 3. The number of carbonyl (C=O) groups is 1. The topological polar surface area (TPSA) is 103 Å². The summed E-state index contributed by atoms with van der Waals surface area (Å²) in [6, 6.07) is 32.8. The van der Waals surface area contributed by atoms with Crippen LogP contribution < -0.4 is 24.4 Å². The third-order valence-electron chi connectivity index (χ3n) is 7.47. The molecule has 0 unspecified atom stereocenters. The quantitative estimate of drug-likeness (QED) is 0.203. The van der Waals surface area contributed by atoms with E-state index in [1.54, 1.807) is 42.9 Å². The number of methoxy groups -OCH3 is 1. The van der Waals surface area contributed by atoms with Crippen LogP contribution in [0.1, 0.15) is 40.8 Å². The molecular weight excluding hydrogens is 598 g/mol. The molecule has 0 amide bonds. The van der Waals surface area contributed by atoms with Crippen LogP contribution >= 0.6 is 11.3 Å². The van der Waals surface area contributed by atoms with E-state index in [9.17, 15) is 9.59 Å². The fourth-order valence-electron chi connectivity index (χ4n) is 5.20. The SMILES string of the molecule is CCOC(=O)C1=C(c2ccccc2)N=c2s/c(=C\c3ccc(OCc4ccc(C#N)cc4)cc3)c(=O)n2[C@H]1c1ccc(OC)cc1. The Bertz CT molecular complexity index is 2130. The Morgan fingerprint density at radius 3 is 2.30 bits per heavy atom. The summed E-state index contributed by atoms with van der Waals surface area (Å²) in [6.45, 7) is 2.29. The standard InChI is InChI=1S/C37H29N3O5S/c1-3-44-36(42)32-33(27-7-5-4-6-8-27)39-37-40(34(32)28-15-19-29(43-2)20-16-28)35(41)31(46-37)21-24-13-17-30(18-14-24)45-23-26-11-9-25(22-38)10-12-26/h4-21,34H,3,23H2,1-2H3/b31-21-/t34-/m0/s1. The molecule has 0 N–H and O–H groups in total. The number of hydrogen-bond donors (Lipinski definition) is 0. The van der Waals surface area contributed by atoms with E-state index in [-0.39, 0.29) is 12.2 Å². The van der Waals surface area contributed by atoms with Crippen molar-refractivity contribution in [3.63, 3.8) is 0 Å². The molecule has 9 heteroatoms. The van der Waals surface area contributed by atoms with Crippen molar-refractivity contribution < 1.29 is 19.0 Å². The molecule has 1 atom stereocenters. The minimum absolute atomic E-state index is 0.178. The lowest BCUT2D eigenvalue weighted by Crippen LogP contribution is -2.40. The summed E-state index contributed by atoms with van der Waals surface area (Å²) in [5, 5.41) is 8.99. The van der Waals surface area contributed by atoms with Crippen LogP contribution in [0.15, 0.2) is 118 Å². The molecule has 0 aliphatic carbocycles. The first-order valence-electron chi connectivity index (χ1n) is 14.6. The van der Waals surface area contributed by atoms with Crippen LogP contribution in [0.5, 0.6) is 11.5 Å². The van der Waals surface area contributed by atoms with Crippen molar-refractivity contribution in [2.45, 2.75) is 19.6 Å². The van der Waals surface area contributed by atoms with Gasteiger partial charge in [-0.1, -0.05) is 78.1 Å². The van der Waals surface area contributed by atoms with Crippen LogP contribution in [-0.2, 0) is 16.1 Å². The van der Waals surface area contributed by atoms with E-state index >= 15 is 0 Å². The molecule has 0 radical (unpaired) electrons. The maximum absolute atomic E-state index is 14.1. The highest BCUT2D eigenvalue weighted by Gasteiger charge is 2.35. The fraction of sp³-hybridized carbons (Fsp3) is 0.135. The Hall–Kier alpha value is -5.72. The molecule has 46 heavy (non-hydrogen) atoms. The normalized spacial score (nSPS) is 14.2. The lowest BCUT2D eigenvalue weighted by Gasteiger charge is -2.26. The van der Waals surface area contributed by atoms with Gasteiger partial charge in [-0.15, -0.1) is 0 Å². The van der Waals surface area contributed by atoms with Crippen LogP contribution in [0, 0.1) is 11.3 Å². The zero-order valence-electron chi connectivity index (χ0n) is 25.2. The first-order valence-corrected chi connectivity index (χ1v) is 15.4. The lowest BCUT2D eigenvalue weighted by atomic mass is 9.93. The van der Waals surface area contributed by atoms with Crippen molar-refractivity contribution in [3.05, 3.63) is 156 Å². The van der Waals surface area contributed by atoms with E-state index < -0.39 is 12.0 Å². The second-order valence-corrected chi connectivity index (χ2v) is 11.4. The van der Waals surface area contributed by atoms with Gasteiger partial charge in [0.2, 0.25) is 0 Å². The van der Waals surface area contributed by atoms with Gasteiger partial charge in [0.1, 0.15) is 18.1 Å². The molecule has 0 saturated heterocycles. The molecule has 0 saturated carbocycles. The third kappa shape index (κ3) is 6.25. The summed E-state index contributed by atoms with van der Waals surface area (Å²) >= 11 is 1.27. The van der Waals surface area contributed by atoms with Crippen LogP contribution in [0.4, 0.5) is 0 Å². The summed E-state index contributed by atoms with van der Waals surface area (Å²) in [5.41, 5.74) is 4.33. The van der Waals surface area contributed by atoms with Gasteiger partial charge in [-0.2, -0.15) is 5.26 Å². The van der Waals surface area contributed by atoms with Crippen molar-refractivity contribution in [3.8, 4) is 17.6 Å². The Balaban J connectivity index is 1.41. The predicted octanol–water partition coefficient (Wildman–Crippen LogP) is 5.39. The van der Waals surface area contributed by atoms with E-state index in [2.05, 4.69) is 6.07 Å². The van der Waals surface area contributed by atoms with Gasteiger partial charge in [0, 0.05) is 5.56 Å². The Morgan fingerprint density at radius 2 is 1.65 bits per heavy atom. The average Bonchev–Trinajstić information content (AvgIpc) is 3.41. The summed E-state index contributed by atoms with van der Waals surface area (Å²) in [5.74, 6) is 0.802. The summed E-state index contributed by atoms with van der Waals surface area (Å²) in [4.78, 5) is 33.1. The second-order valence-electron chi connectivity index (χ2n) is 10.4. The van der Waals surface area contributed by atoms with Gasteiger partial charge < -0.3 is 14.2 Å². The monoisotopic (exact) mass is 627 g/mol. The van der Waals surface area contributed by atoms with Gasteiger partial charge in [-0.25, -0.2) is 9.79 Å². The smallest absolute Gasteiger partial charge is 0.338 e. The summed E-state index contributed by atoms with van der Waals surface area (Å²) < 4.78 is 18.9. The summed E-state index contributed by atoms with van der Waals surface area (Å²) in [7, 11) is 1.59. The second kappa shape index (κ2) is 13.5. The minimum Gasteiger partial charge on any atom is -0.497 e. The lowest BCUT2D eigenvalue weighted by molar-refractivity contribution is -0.138. The minimum atomic E-state index is -0.767. The van der Waals surface area contributed by atoms with Crippen LogP contribution in [-0.4, -0.2) is 24.3 Å². The van der Waals surface area contributed by atoms with Crippen molar-refractivity contribution in [2.75, 3.05) is 13.7 Å². The molecule has 228 valence electrons. The molecule has 6 rings (SSSR count). The van der Waals surface area contributed by atoms with Crippen molar-refractivity contribution in [2.24, 2.45) is 4.99 Å². The van der Waals surface area contributed by atoms with Crippen molar-refractivity contribution in [1.29, 1.82) is 5.26 Å². The molecule has 0 fully saturated rings. The Labute approximate surface area is 269 Å². The van der Waals surface area contributed by atoms with Crippen molar-refractivity contribution in [1.82, 2.24) is 4.57 Å². The molecule has 2 heterocycles.